The average molecular weight is 396 g/mol. The maximum Gasteiger partial charge on any atom is 0.228 e. The number of amides is 2. The maximum absolute atomic E-state index is 13.0. The molecule has 2 heterocycles. The van der Waals surface area contributed by atoms with Crippen LogP contribution >= 0.6 is 12.4 Å². The molecular weight excluding hydrogens is 366 g/mol. The number of hydrogen-bond acceptors (Lipinski definition) is 4. The summed E-state index contributed by atoms with van der Waals surface area (Å²) in [5.74, 6) is 0.725. The Kier molecular flexibility index (Phi) is 7.92. The molecule has 2 fully saturated rings. The number of nitrogens with zero attached hydrogens (tertiary/aromatic N) is 2. The van der Waals surface area contributed by atoms with Gasteiger partial charge in [-0.2, -0.15) is 0 Å². The molecule has 7 heteroatoms. The van der Waals surface area contributed by atoms with Gasteiger partial charge in [-0.3, -0.25) is 9.59 Å². The van der Waals surface area contributed by atoms with Crippen LogP contribution in [0.15, 0.2) is 24.3 Å². The molecule has 0 saturated carbocycles. The van der Waals surface area contributed by atoms with Crippen LogP contribution in [0.4, 0.5) is 5.69 Å². The maximum atomic E-state index is 13.0. The van der Waals surface area contributed by atoms with Gasteiger partial charge in [-0.05, 0) is 37.6 Å². The highest BCUT2D eigenvalue weighted by molar-refractivity contribution is 6.01. The predicted molar refractivity (Wildman–Crippen MR) is 109 cm³/mol. The Morgan fingerprint density at radius 2 is 1.85 bits per heavy atom. The molecule has 0 bridgehead atoms. The lowest BCUT2D eigenvalue weighted by Crippen LogP contribution is -2.50. The van der Waals surface area contributed by atoms with Crippen molar-refractivity contribution in [3.63, 3.8) is 0 Å². The Labute approximate surface area is 167 Å². The van der Waals surface area contributed by atoms with Crippen molar-refractivity contribution in [2.24, 2.45) is 5.92 Å². The number of rotatable bonds is 6. The SMILES string of the molecule is CCCC1C(C(=O)N2CCNCC2)CC(=O)N1c1ccc(OCC)cc1.Cl. The van der Waals surface area contributed by atoms with E-state index in [0.717, 1.165) is 50.5 Å². The number of halogens is 1. The molecule has 0 aliphatic carbocycles. The number of anilines is 1. The molecule has 2 aliphatic heterocycles. The quantitative estimate of drug-likeness (QED) is 0.803. The number of hydrogen-bond donors (Lipinski definition) is 1. The molecule has 2 aliphatic rings. The Balaban J connectivity index is 0.00000261. The number of nitrogens with one attached hydrogen (secondary N) is 1. The highest BCUT2D eigenvalue weighted by atomic mass is 35.5. The number of carbonyl (C=O) groups is 2. The zero-order valence-electron chi connectivity index (χ0n) is 16.1. The van der Waals surface area contributed by atoms with E-state index in [1.54, 1.807) is 0 Å². The van der Waals surface area contributed by atoms with Crippen LogP contribution in [0.1, 0.15) is 33.1 Å². The number of ether oxygens (including phenoxy) is 1. The van der Waals surface area contributed by atoms with Crippen molar-refractivity contribution in [2.45, 2.75) is 39.2 Å². The lowest BCUT2D eigenvalue weighted by Gasteiger charge is -2.33. The van der Waals surface area contributed by atoms with Gasteiger partial charge in [-0.1, -0.05) is 13.3 Å². The minimum atomic E-state index is -0.243. The van der Waals surface area contributed by atoms with E-state index in [1.165, 1.54) is 0 Å². The Hall–Kier alpha value is -1.79. The largest absolute Gasteiger partial charge is 0.494 e. The third-order valence-electron chi connectivity index (χ3n) is 5.22. The van der Waals surface area contributed by atoms with Crippen molar-refractivity contribution in [3.05, 3.63) is 24.3 Å². The second-order valence-corrected chi connectivity index (χ2v) is 6.93. The molecule has 1 N–H and O–H groups in total. The minimum absolute atomic E-state index is 0. The van der Waals surface area contributed by atoms with E-state index in [9.17, 15) is 9.59 Å². The number of benzene rings is 1. The first-order chi connectivity index (χ1) is 12.7. The van der Waals surface area contributed by atoms with Crippen LogP contribution in [-0.2, 0) is 9.59 Å². The van der Waals surface area contributed by atoms with Gasteiger partial charge in [0.15, 0.2) is 0 Å². The number of carbonyl (C=O) groups excluding carboxylic acids is 2. The zero-order valence-corrected chi connectivity index (χ0v) is 17.0. The Bertz CT molecular complexity index is 632. The van der Waals surface area contributed by atoms with Crippen LogP contribution in [-0.4, -0.2) is 55.5 Å². The van der Waals surface area contributed by atoms with Gasteiger partial charge < -0.3 is 19.9 Å². The van der Waals surface area contributed by atoms with Crippen LogP contribution in [0.2, 0.25) is 0 Å². The molecule has 3 rings (SSSR count). The molecule has 1 aromatic rings. The van der Waals surface area contributed by atoms with E-state index in [-0.39, 0.29) is 36.2 Å². The van der Waals surface area contributed by atoms with E-state index < -0.39 is 0 Å². The molecule has 150 valence electrons. The lowest BCUT2D eigenvalue weighted by atomic mass is 9.94. The molecule has 2 saturated heterocycles. The summed E-state index contributed by atoms with van der Waals surface area (Å²) in [7, 11) is 0. The van der Waals surface area contributed by atoms with Crippen LogP contribution in [0.3, 0.4) is 0 Å². The first-order valence-electron chi connectivity index (χ1n) is 9.70. The monoisotopic (exact) mass is 395 g/mol. The van der Waals surface area contributed by atoms with Crippen molar-refractivity contribution in [2.75, 3.05) is 37.7 Å². The van der Waals surface area contributed by atoms with E-state index in [0.29, 0.717) is 13.0 Å². The van der Waals surface area contributed by atoms with Crippen molar-refractivity contribution in [3.8, 4) is 5.75 Å². The second kappa shape index (κ2) is 9.95. The van der Waals surface area contributed by atoms with Gasteiger partial charge >= 0.3 is 0 Å². The van der Waals surface area contributed by atoms with E-state index >= 15 is 0 Å². The molecular formula is C20H30ClN3O3. The highest BCUT2D eigenvalue weighted by Gasteiger charge is 2.45. The molecule has 0 aromatic heterocycles. The van der Waals surface area contributed by atoms with Crippen molar-refractivity contribution < 1.29 is 14.3 Å². The fourth-order valence-electron chi connectivity index (χ4n) is 3.99. The van der Waals surface area contributed by atoms with Gasteiger partial charge in [0.1, 0.15) is 5.75 Å². The standard InChI is InChI=1S/C20H29N3O3.ClH/c1-3-5-18-17(20(25)22-12-10-21-11-13-22)14-19(24)23(18)15-6-8-16(9-7-15)26-4-2;/h6-9,17-18,21H,3-5,10-14H2,1-2H3;1H. The summed E-state index contributed by atoms with van der Waals surface area (Å²) in [4.78, 5) is 29.6. The molecule has 6 nitrogen and oxygen atoms in total. The Morgan fingerprint density at radius 1 is 1.19 bits per heavy atom. The summed E-state index contributed by atoms with van der Waals surface area (Å²) in [6.45, 7) is 7.77. The molecule has 0 radical (unpaired) electrons. The molecule has 0 spiro atoms. The number of piperazine rings is 1. The van der Waals surface area contributed by atoms with E-state index in [2.05, 4.69) is 12.2 Å². The summed E-state index contributed by atoms with van der Waals surface area (Å²) in [5.41, 5.74) is 0.854. The van der Waals surface area contributed by atoms with Gasteiger partial charge in [0.25, 0.3) is 0 Å². The Morgan fingerprint density at radius 3 is 2.44 bits per heavy atom. The first kappa shape index (κ1) is 21.5. The van der Waals surface area contributed by atoms with Crippen LogP contribution in [0.5, 0.6) is 5.75 Å². The van der Waals surface area contributed by atoms with E-state index in [1.807, 2.05) is 41.0 Å². The van der Waals surface area contributed by atoms with E-state index in [4.69, 9.17) is 4.74 Å². The van der Waals surface area contributed by atoms with Gasteiger partial charge in [-0.15, -0.1) is 12.4 Å². The fraction of sp³-hybridized carbons (Fsp3) is 0.600. The molecule has 2 amide bonds. The smallest absolute Gasteiger partial charge is 0.228 e. The zero-order chi connectivity index (χ0) is 18.5. The first-order valence-corrected chi connectivity index (χ1v) is 9.70. The summed E-state index contributed by atoms with van der Waals surface area (Å²) in [5, 5.41) is 3.27. The van der Waals surface area contributed by atoms with Gasteiger partial charge in [0, 0.05) is 44.3 Å². The second-order valence-electron chi connectivity index (χ2n) is 6.93. The van der Waals surface area contributed by atoms with Gasteiger partial charge in [-0.25, -0.2) is 0 Å². The highest BCUT2D eigenvalue weighted by Crippen LogP contribution is 2.35. The van der Waals surface area contributed by atoms with Crippen LogP contribution < -0.4 is 15.0 Å². The molecule has 1 aromatic carbocycles. The van der Waals surface area contributed by atoms with Crippen molar-refractivity contribution in [1.29, 1.82) is 0 Å². The van der Waals surface area contributed by atoms with Crippen LogP contribution in [0.25, 0.3) is 0 Å². The summed E-state index contributed by atoms with van der Waals surface area (Å²) in [6.07, 6.45) is 2.08. The summed E-state index contributed by atoms with van der Waals surface area (Å²) in [6, 6.07) is 7.56. The lowest BCUT2D eigenvalue weighted by molar-refractivity contribution is -0.137. The van der Waals surface area contributed by atoms with Gasteiger partial charge in [0.2, 0.25) is 11.8 Å². The third kappa shape index (κ3) is 4.74. The fourth-order valence-corrected chi connectivity index (χ4v) is 3.99. The van der Waals surface area contributed by atoms with Crippen molar-refractivity contribution >= 4 is 29.9 Å². The van der Waals surface area contributed by atoms with Crippen molar-refractivity contribution in [1.82, 2.24) is 10.2 Å². The summed E-state index contributed by atoms with van der Waals surface area (Å²) < 4.78 is 5.49. The molecule has 27 heavy (non-hydrogen) atoms. The third-order valence-corrected chi connectivity index (χ3v) is 5.22. The molecule has 2 unspecified atom stereocenters. The van der Waals surface area contributed by atoms with Gasteiger partial charge in [0.05, 0.1) is 12.5 Å². The minimum Gasteiger partial charge on any atom is -0.494 e. The normalized spacial score (nSPS) is 22.5. The average Bonchev–Trinajstić information content (AvgIpc) is 2.99. The summed E-state index contributed by atoms with van der Waals surface area (Å²) >= 11 is 0. The predicted octanol–water partition coefficient (Wildman–Crippen LogP) is 2.46. The topological polar surface area (TPSA) is 61.9 Å². The van der Waals surface area contributed by atoms with Crippen LogP contribution in [0, 0.1) is 5.92 Å². The molecule has 2 atom stereocenters.